The smallest absolute Gasteiger partial charge is 0.273 e. The van der Waals surface area contributed by atoms with Gasteiger partial charge in [0.05, 0.1) is 10.7 Å². The molecule has 0 unspecified atom stereocenters. The second kappa shape index (κ2) is 6.63. The van der Waals surface area contributed by atoms with Gasteiger partial charge >= 0.3 is 0 Å². The van der Waals surface area contributed by atoms with Crippen molar-refractivity contribution in [1.29, 1.82) is 0 Å². The summed E-state index contributed by atoms with van der Waals surface area (Å²) in [4.78, 5) is 22.7. The van der Waals surface area contributed by atoms with E-state index < -0.39 is 4.92 Å². The largest absolute Gasteiger partial charge is 0.357 e. The van der Waals surface area contributed by atoms with Gasteiger partial charge in [-0.05, 0) is 19.8 Å². The molecule has 0 radical (unpaired) electrons. The highest BCUT2D eigenvalue weighted by atomic mass is 32.2. The van der Waals surface area contributed by atoms with Gasteiger partial charge in [0, 0.05) is 23.2 Å². The van der Waals surface area contributed by atoms with Gasteiger partial charge in [-0.25, -0.2) is 0 Å². The van der Waals surface area contributed by atoms with Crippen LogP contribution in [0.25, 0.3) is 0 Å². The van der Waals surface area contributed by atoms with Crippen LogP contribution in [-0.4, -0.2) is 32.7 Å². The first-order valence-electron chi connectivity index (χ1n) is 7.04. The Balaban J connectivity index is 1.61. The fourth-order valence-electron chi connectivity index (χ4n) is 1.92. The highest BCUT2D eigenvalue weighted by Gasteiger charge is 2.22. The number of carbonyl (C=O) groups excluding carboxylic acids is 1. The van der Waals surface area contributed by atoms with E-state index in [9.17, 15) is 14.9 Å². The van der Waals surface area contributed by atoms with Crippen molar-refractivity contribution in [1.82, 2.24) is 10.2 Å². The maximum Gasteiger partial charge on any atom is 0.273 e. The maximum absolute atomic E-state index is 12.2. The summed E-state index contributed by atoms with van der Waals surface area (Å²) in [6.07, 6.45) is 2.32. The van der Waals surface area contributed by atoms with Crippen LogP contribution in [0.15, 0.2) is 22.5 Å². The first-order chi connectivity index (χ1) is 11.0. The molecule has 7 nitrogen and oxygen atoms in total. The Kier molecular flexibility index (Phi) is 4.58. The number of nitrogens with zero attached hydrogens (tertiary/aromatic N) is 3. The van der Waals surface area contributed by atoms with Crippen molar-refractivity contribution in [3.8, 4) is 0 Å². The molecule has 0 atom stereocenters. The molecule has 1 aromatic heterocycles. The lowest BCUT2D eigenvalue weighted by Crippen LogP contribution is -2.04. The van der Waals surface area contributed by atoms with E-state index in [1.165, 1.54) is 29.2 Å². The van der Waals surface area contributed by atoms with Crippen molar-refractivity contribution >= 4 is 39.7 Å². The Morgan fingerprint density at radius 3 is 2.96 bits per heavy atom. The van der Waals surface area contributed by atoms with E-state index in [4.69, 9.17) is 0 Å². The van der Waals surface area contributed by atoms with E-state index in [0.717, 1.165) is 18.0 Å². The summed E-state index contributed by atoms with van der Waals surface area (Å²) in [6.45, 7) is 1.65. The van der Waals surface area contributed by atoms with Crippen LogP contribution in [0.1, 0.15) is 28.8 Å². The van der Waals surface area contributed by atoms with Crippen molar-refractivity contribution < 1.29 is 9.72 Å². The van der Waals surface area contributed by atoms with Gasteiger partial charge in [0.2, 0.25) is 5.13 Å². The van der Waals surface area contributed by atoms with E-state index in [0.29, 0.717) is 21.5 Å². The Morgan fingerprint density at radius 1 is 1.48 bits per heavy atom. The van der Waals surface area contributed by atoms with Crippen LogP contribution < -0.4 is 5.32 Å². The molecule has 1 heterocycles. The van der Waals surface area contributed by atoms with E-state index in [1.54, 1.807) is 19.1 Å². The lowest BCUT2D eigenvalue weighted by atomic mass is 10.1. The summed E-state index contributed by atoms with van der Waals surface area (Å²) < 4.78 is 0.711. The summed E-state index contributed by atoms with van der Waals surface area (Å²) in [7, 11) is 0. The number of hydrogen-bond donors (Lipinski definition) is 1. The molecule has 9 heteroatoms. The number of hydrogen-bond acceptors (Lipinski definition) is 8. The first kappa shape index (κ1) is 15.9. The van der Waals surface area contributed by atoms with E-state index in [1.807, 2.05) is 0 Å². The summed E-state index contributed by atoms with van der Waals surface area (Å²) in [5, 5.41) is 23.0. The normalized spacial score (nSPS) is 13.8. The minimum absolute atomic E-state index is 0.0346. The molecule has 0 spiro atoms. The van der Waals surface area contributed by atoms with Gasteiger partial charge < -0.3 is 5.32 Å². The van der Waals surface area contributed by atoms with E-state index in [-0.39, 0.29) is 17.2 Å². The molecule has 120 valence electrons. The lowest BCUT2D eigenvalue weighted by Gasteiger charge is -2.01. The average Bonchev–Trinajstić information content (AvgIpc) is 3.22. The number of aryl methyl sites for hydroxylation is 1. The van der Waals surface area contributed by atoms with Crippen LogP contribution in [-0.2, 0) is 0 Å². The summed E-state index contributed by atoms with van der Waals surface area (Å²) in [5.41, 5.74) is 0.849. The Bertz CT molecular complexity index is 758. The number of nitro benzene ring substituents is 1. The highest BCUT2D eigenvalue weighted by molar-refractivity contribution is 8.01. The van der Waals surface area contributed by atoms with Gasteiger partial charge in [-0.2, -0.15) is 0 Å². The van der Waals surface area contributed by atoms with E-state index in [2.05, 4.69) is 15.5 Å². The van der Waals surface area contributed by atoms with Gasteiger partial charge in [-0.3, -0.25) is 14.9 Å². The summed E-state index contributed by atoms with van der Waals surface area (Å²) in [5.74, 6) is 0.0168. The molecule has 0 amide bonds. The average molecular weight is 350 g/mol. The molecule has 0 saturated heterocycles. The van der Waals surface area contributed by atoms with Gasteiger partial charge in [-0.15, -0.1) is 10.2 Å². The number of nitrogens with one attached hydrogen (secondary N) is 1. The zero-order valence-corrected chi connectivity index (χ0v) is 13.9. The number of benzene rings is 1. The van der Waals surface area contributed by atoms with Crippen molar-refractivity contribution in [2.24, 2.45) is 0 Å². The monoisotopic (exact) mass is 350 g/mol. The van der Waals surface area contributed by atoms with Crippen molar-refractivity contribution in [2.75, 3.05) is 11.1 Å². The molecule has 1 saturated carbocycles. The van der Waals surface area contributed by atoms with Crippen LogP contribution in [0, 0.1) is 17.0 Å². The predicted molar refractivity (Wildman–Crippen MR) is 89.4 cm³/mol. The summed E-state index contributed by atoms with van der Waals surface area (Å²) in [6, 6.07) is 5.05. The molecule has 0 aliphatic heterocycles. The molecule has 2 aromatic rings. The zero-order valence-electron chi connectivity index (χ0n) is 12.3. The highest BCUT2D eigenvalue weighted by Crippen LogP contribution is 2.30. The molecule has 23 heavy (non-hydrogen) atoms. The third-order valence-electron chi connectivity index (χ3n) is 3.37. The summed E-state index contributed by atoms with van der Waals surface area (Å²) >= 11 is 2.71. The van der Waals surface area contributed by atoms with Crippen molar-refractivity contribution in [2.45, 2.75) is 30.1 Å². The SMILES string of the molecule is Cc1ccc(C(=O)CSc2nnc(NC3CC3)s2)cc1[N+](=O)[O-]. The number of thioether (sulfide) groups is 1. The number of ketones is 1. The third-order valence-corrected chi connectivity index (χ3v) is 5.35. The Morgan fingerprint density at radius 2 is 2.26 bits per heavy atom. The first-order valence-corrected chi connectivity index (χ1v) is 8.84. The van der Waals surface area contributed by atoms with E-state index >= 15 is 0 Å². The molecular weight excluding hydrogens is 336 g/mol. The number of rotatable bonds is 7. The number of aromatic nitrogens is 2. The minimum atomic E-state index is -0.472. The molecule has 1 N–H and O–H groups in total. The number of carbonyl (C=O) groups is 1. The topological polar surface area (TPSA) is 98.0 Å². The van der Waals surface area contributed by atoms with Gasteiger partial charge in [0.25, 0.3) is 5.69 Å². The zero-order chi connectivity index (χ0) is 16.4. The Labute approximate surface area is 140 Å². The van der Waals surface area contributed by atoms with Crippen molar-refractivity contribution in [3.05, 3.63) is 39.4 Å². The standard InChI is InChI=1S/C14H14N4O3S2/c1-8-2-3-9(6-11(8)18(20)21)12(19)7-22-14-17-16-13(23-14)15-10-4-5-10/h2-3,6,10H,4-5,7H2,1H3,(H,15,16). The van der Waals surface area contributed by atoms with Crippen LogP contribution >= 0.6 is 23.1 Å². The van der Waals surface area contributed by atoms with Crippen LogP contribution in [0.2, 0.25) is 0 Å². The maximum atomic E-state index is 12.2. The van der Waals surface area contributed by atoms with Crippen molar-refractivity contribution in [3.63, 3.8) is 0 Å². The fraction of sp³-hybridized carbons (Fsp3) is 0.357. The Hall–Kier alpha value is -2.00. The van der Waals surface area contributed by atoms with Crippen LogP contribution in [0.3, 0.4) is 0 Å². The van der Waals surface area contributed by atoms with Gasteiger partial charge in [0.1, 0.15) is 0 Å². The third kappa shape index (κ3) is 4.05. The molecular formula is C14H14N4O3S2. The predicted octanol–water partition coefficient (Wildman–Crippen LogP) is 3.30. The number of nitro groups is 1. The second-order valence-corrected chi connectivity index (χ2v) is 7.46. The fourth-order valence-corrected chi connectivity index (χ4v) is 3.64. The molecule has 1 aromatic carbocycles. The van der Waals surface area contributed by atoms with Crippen LogP contribution in [0.5, 0.6) is 0 Å². The van der Waals surface area contributed by atoms with Gasteiger partial charge in [0.15, 0.2) is 10.1 Å². The molecule has 1 fully saturated rings. The molecule has 1 aliphatic carbocycles. The van der Waals surface area contributed by atoms with Crippen LogP contribution in [0.4, 0.5) is 10.8 Å². The lowest BCUT2D eigenvalue weighted by molar-refractivity contribution is -0.385. The number of anilines is 1. The second-order valence-electron chi connectivity index (χ2n) is 5.26. The molecule has 1 aliphatic rings. The van der Waals surface area contributed by atoms with Gasteiger partial charge in [-0.1, -0.05) is 35.2 Å². The number of Topliss-reactive ketones (excluding diaryl/α,β-unsaturated/α-hetero) is 1. The molecule has 3 rings (SSSR count). The minimum Gasteiger partial charge on any atom is -0.357 e. The molecule has 0 bridgehead atoms. The quantitative estimate of drug-likeness (QED) is 0.354.